The summed E-state index contributed by atoms with van der Waals surface area (Å²) in [6, 6.07) is 16.9. The van der Waals surface area contributed by atoms with Crippen LogP contribution in [-0.2, 0) is 7.05 Å². The Morgan fingerprint density at radius 2 is 1.92 bits per heavy atom. The van der Waals surface area contributed by atoms with E-state index in [9.17, 15) is 4.79 Å². The van der Waals surface area contributed by atoms with Crippen LogP contribution < -0.4 is 11.0 Å². The van der Waals surface area contributed by atoms with Gasteiger partial charge >= 0.3 is 0 Å². The summed E-state index contributed by atoms with van der Waals surface area (Å²) >= 11 is 0. The van der Waals surface area contributed by atoms with Gasteiger partial charge in [-0.1, -0.05) is 30.3 Å². The number of fused-ring (bicyclic) bond motifs is 2. The topological polar surface area (TPSA) is 72.4 Å². The molecule has 2 heterocycles. The third-order valence-corrected chi connectivity index (χ3v) is 4.09. The van der Waals surface area contributed by atoms with Crippen molar-refractivity contribution in [3.63, 3.8) is 0 Å². The smallest absolute Gasteiger partial charge is 0.262 e. The summed E-state index contributed by atoms with van der Waals surface area (Å²) in [6.45, 7) is 1.84. The Kier molecular flexibility index (Phi) is 3.57. The van der Waals surface area contributed by atoms with E-state index in [1.807, 2.05) is 49.4 Å². The lowest BCUT2D eigenvalue weighted by molar-refractivity contribution is 0.604. The Morgan fingerprint density at radius 1 is 1.16 bits per heavy atom. The third kappa shape index (κ3) is 2.67. The second kappa shape index (κ2) is 5.90. The molecule has 0 saturated carbocycles. The molecule has 0 spiro atoms. The minimum absolute atomic E-state index is 0.121. The van der Waals surface area contributed by atoms with Gasteiger partial charge in [-0.25, -0.2) is 10.4 Å². The molecule has 0 bridgehead atoms. The second-order valence-electron chi connectivity index (χ2n) is 5.77. The number of nitrogens with zero attached hydrogens (tertiary/aromatic N) is 3. The maximum Gasteiger partial charge on any atom is 0.262 e. The molecular formula is C19H16N4O2. The maximum atomic E-state index is 12.4. The lowest BCUT2D eigenvalue weighted by Gasteiger charge is -2.08. The molecule has 0 amide bonds. The van der Waals surface area contributed by atoms with Crippen LogP contribution in [0.2, 0.25) is 0 Å². The molecular weight excluding hydrogens is 316 g/mol. The largest absolute Gasteiger partial charge is 0.455 e. The van der Waals surface area contributed by atoms with Crippen LogP contribution in [0.15, 0.2) is 68.9 Å². The van der Waals surface area contributed by atoms with Gasteiger partial charge in [0.1, 0.15) is 11.3 Å². The number of hydrazone groups is 1. The van der Waals surface area contributed by atoms with E-state index in [-0.39, 0.29) is 5.56 Å². The van der Waals surface area contributed by atoms with Crippen molar-refractivity contribution in [2.24, 2.45) is 12.1 Å². The highest BCUT2D eigenvalue weighted by molar-refractivity contribution is 6.00. The summed E-state index contributed by atoms with van der Waals surface area (Å²) in [5, 5.41) is 5.91. The number of furan rings is 1. The lowest BCUT2D eigenvalue weighted by Crippen LogP contribution is -2.21. The van der Waals surface area contributed by atoms with Crippen LogP contribution in [0.5, 0.6) is 0 Å². The molecule has 0 radical (unpaired) electrons. The highest BCUT2D eigenvalue weighted by Gasteiger charge is 2.09. The Bertz CT molecular complexity index is 1140. The molecule has 6 heteroatoms. The number of hydrogen-bond donors (Lipinski definition) is 1. The van der Waals surface area contributed by atoms with Gasteiger partial charge in [-0.05, 0) is 31.2 Å². The molecule has 124 valence electrons. The fraction of sp³-hybridized carbons (Fsp3) is 0.105. The Balaban J connectivity index is 1.70. The molecule has 6 nitrogen and oxygen atoms in total. The average molecular weight is 332 g/mol. The summed E-state index contributed by atoms with van der Waals surface area (Å²) in [5.41, 5.74) is 4.85. The first kappa shape index (κ1) is 15.1. The molecule has 0 fully saturated rings. The zero-order chi connectivity index (χ0) is 17.4. The third-order valence-electron chi connectivity index (χ3n) is 4.09. The van der Waals surface area contributed by atoms with Crippen LogP contribution >= 0.6 is 0 Å². The van der Waals surface area contributed by atoms with Crippen molar-refractivity contribution in [3.8, 4) is 0 Å². The molecule has 0 atom stereocenters. The molecule has 0 aliphatic rings. The molecule has 0 saturated heterocycles. The normalized spacial score (nSPS) is 12.0. The molecule has 2 aromatic heterocycles. The summed E-state index contributed by atoms with van der Waals surface area (Å²) < 4.78 is 7.22. The first-order valence-electron chi connectivity index (χ1n) is 7.88. The quantitative estimate of drug-likeness (QED) is 0.460. The van der Waals surface area contributed by atoms with Crippen LogP contribution in [-0.4, -0.2) is 15.3 Å². The van der Waals surface area contributed by atoms with E-state index in [0.29, 0.717) is 28.3 Å². The van der Waals surface area contributed by atoms with E-state index in [4.69, 9.17) is 4.42 Å². The lowest BCUT2D eigenvalue weighted by atomic mass is 10.2. The fourth-order valence-electron chi connectivity index (χ4n) is 2.67. The summed E-state index contributed by atoms with van der Waals surface area (Å²) in [7, 11) is 1.66. The second-order valence-corrected chi connectivity index (χ2v) is 5.77. The number of aromatic nitrogens is 2. The van der Waals surface area contributed by atoms with Crippen LogP contribution in [0.1, 0.15) is 12.7 Å². The highest BCUT2D eigenvalue weighted by atomic mass is 16.3. The molecule has 25 heavy (non-hydrogen) atoms. The standard InChI is InChI=1S/C19H16N4O2/c1-12(17-11-13-7-3-6-10-16(13)25-17)21-22-19-20-15-9-5-4-8-14(15)18(24)23(19)2/h3-11H,1-2H3,(H,20,22)/b21-12+. The molecule has 4 aromatic rings. The number of hydrogen-bond acceptors (Lipinski definition) is 5. The van der Waals surface area contributed by atoms with E-state index in [1.54, 1.807) is 19.2 Å². The van der Waals surface area contributed by atoms with Crippen LogP contribution in [0.4, 0.5) is 5.95 Å². The van der Waals surface area contributed by atoms with Gasteiger partial charge in [0.05, 0.1) is 10.9 Å². The Labute approximate surface area is 143 Å². The zero-order valence-corrected chi connectivity index (χ0v) is 13.9. The molecule has 2 aromatic carbocycles. The van der Waals surface area contributed by atoms with Crippen molar-refractivity contribution >= 4 is 33.5 Å². The highest BCUT2D eigenvalue weighted by Crippen LogP contribution is 2.19. The Hall–Kier alpha value is -3.41. The summed E-state index contributed by atoms with van der Waals surface area (Å²) in [6.07, 6.45) is 0. The van der Waals surface area contributed by atoms with E-state index in [0.717, 1.165) is 11.0 Å². The van der Waals surface area contributed by atoms with Crippen molar-refractivity contribution in [2.75, 3.05) is 5.43 Å². The predicted octanol–water partition coefficient (Wildman–Crippen LogP) is 3.52. The van der Waals surface area contributed by atoms with Crippen molar-refractivity contribution in [2.45, 2.75) is 6.92 Å². The zero-order valence-electron chi connectivity index (χ0n) is 13.9. The van der Waals surface area contributed by atoms with Gasteiger partial charge in [0.25, 0.3) is 5.56 Å². The van der Waals surface area contributed by atoms with E-state index < -0.39 is 0 Å². The summed E-state index contributed by atoms with van der Waals surface area (Å²) in [4.78, 5) is 16.9. The summed E-state index contributed by atoms with van der Waals surface area (Å²) in [5.74, 6) is 1.04. The van der Waals surface area contributed by atoms with Crippen LogP contribution in [0.3, 0.4) is 0 Å². The van der Waals surface area contributed by atoms with E-state index in [2.05, 4.69) is 15.5 Å². The van der Waals surface area contributed by atoms with Crippen LogP contribution in [0, 0.1) is 0 Å². The van der Waals surface area contributed by atoms with Crippen molar-refractivity contribution < 1.29 is 4.42 Å². The monoisotopic (exact) mass is 332 g/mol. The SMILES string of the molecule is C/C(=N\Nc1nc2ccccc2c(=O)n1C)c1cc2ccccc2o1. The van der Waals surface area contributed by atoms with Crippen molar-refractivity contribution in [1.82, 2.24) is 9.55 Å². The van der Waals surface area contributed by atoms with Gasteiger partial charge in [-0.3, -0.25) is 9.36 Å². The average Bonchev–Trinajstić information content (AvgIpc) is 3.07. The predicted molar refractivity (Wildman–Crippen MR) is 99.0 cm³/mol. The number of benzene rings is 2. The number of para-hydroxylation sites is 2. The minimum Gasteiger partial charge on any atom is -0.455 e. The van der Waals surface area contributed by atoms with Gasteiger partial charge in [-0.15, -0.1) is 0 Å². The van der Waals surface area contributed by atoms with E-state index >= 15 is 0 Å². The maximum absolute atomic E-state index is 12.4. The number of anilines is 1. The molecule has 0 unspecified atom stereocenters. The first-order valence-corrected chi connectivity index (χ1v) is 7.88. The Morgan fingerprint density at radius 3 is 2.76 bits per heavy atom. The number of rotatable bonds is 3. The van der Waals surface area contributed by atoms with Crippen LogP contribution in [0.25, 0.3) is 21.9 Å². The molecule has 0 aliphatic carbocycles. The minimum atomic E-state index is -0.121. The van der Waals surface area contributed by atoms with Crippen molar-refractivity contribution in [3.05, 3.63) is 70.7 Å². The van der Waals surface area contributed by atoms with Gasteiger partial charge in [0.15, 0.2) is 5.76 Å². The van der Waals surface area contributed by atoms with Gasteiger partial charge in [-0.2, -0.15) is 5.10 Å². The number of nitrogens with one attached hydrogen (secondary N) is 1. The van der Waals surface area contributed by atoms with Gasteiger partial charge in [0, 0.05) is 12.4 Å². The van der Waals surface area contributed by atoms with Crippen molar-refractivity contribution in [1.29, 1.82) is 0 Å². The van der Waals surface area contributed by atoms with Gasteiger partial charge < -0.3 is 4.42 Å². The molecule has 0 aliphatic heterocycles. The fourth-order valence-corrected chi connectivity index (χ4v) is 2.67. The van der Waals surface area contributed by atoms with E-state index in [1.165, 1.54) is 4.57 Å². The van der Waals surface area contributed by atoms with Gasteiger partial charge in [0.2, 0.25) is 5.95 Å². The first-order chi connectivity index (χ1) is 12.1. The molecule has 1 N–H and O–H groups in total. The molecule has 4 rings (SSSR count).